The molecule has 9 nitrogen and oxygen atoms in total. The van der Waals surface area contributed by atoms with Gasteiger partial charge >= 0.3 is 17.9 Å². The van der Waals surface area contributed by atoms with E-state index in [4.69, 9.17) is 5.11 Å². The van der Waals surface area contributed by atoms with Gasteiger partial charge < -0.3 is 10.4 Å². The van der Waals surface area contributed by atoms with E-state index in [1.54, 1.807) is 4.68 Å². The van der Waals surface area contributed by atoms with Crippen LogP contribution in [0, 0.1) is 10.1 Å². The molecule has 0 fully saturated rings. The number of carbonyl (C=O) groups excluding carboxylic acids is 1. The van der Waals surface area contributed by atoms with Gasteiger partial charge in [0, 0.05) is 16.5 Å². The van der Waals surface area contributed by atoms with Gasteiger partial charge in [0.1, 0.15) is 5.82 Å². The number of anilines is 1. The van der Waals surface area contributed by atoms with Crippen LogP contribution in [-0.4, -0.2) is 37.7 Å². The van der Waals surface area contributed by atoms with E-state index in [9.17, 15) is 19.7 Å². The zero-order chi connectivity index (χ0) is 18.3. The van der Waals surface area contributed by atoms with Gasteiger partial charge in [-0.3, -0.25) is 14.9 Å². The first-order valence-corrected chi connectivity index (χ1v) is 7.66. The number of nitrogens with one attached hydrogen (secondary N) is 1. The molecule has 9 heteroatoms. The predicted octanol–water partition coefficient (Wildman–Crippen LogP) is 1.89. The van der Waals surface area contributed by atoms with E-state index in [-0.39, 0.29) is 11.6 Å². The first-order chi connectivity index (χ1) is 11.8. The molecule has 1 aromatic carbocycles. The van der Waals surface area contributed by atoms with Gasteiger partial charge in [0.2, 0.25) is 0 Å². The summed E-state index contributed by atoms with van der Waals surface area (Å²) in [4.78, 5) is 34.2. The van der Waals surface area contributed by atoms with Crippen LogP contribution in [0.3, 0.4) is 0 Å². The average molecular weight is 344 g/mol. The van der Waals surface area contributed by atoms with Crippen molar-refractivity contribution in [2.24, 2.45) is 0 Å². The Labute approximate surface area is 142 Å². The molecule has 0 aliphatic carbocycles. The summed E-state index contributed by atoms with van der Waals surface area (Å²) in [6.07, 6.45) is 1.51. The third-order valence-corrected chi connectivity index (χ3v) is 4.22. The van der Waals surface area contributed by atoms with Crippen LogP contribution in [0.25, 0.3) is 0 Å². The highest BCUT2D eigenvalue weighted by Gasteiger charge is 2.47. The molecule has 0 radical (unpaired) electrons. The van der Waals surface area contributed by atoms with E-state index in [0.717, 1.165) is 0 Å². The van der Waals surface area contributed by atoms with Crippen molar-refractivity contribution in [2.45, 2.75) is 31.8 Å². The van der Waals surface area contributed by atoms with Crippen molar-refractivity contribution in [2.75, 3.05) is 5.32 Å². The number of hydrogen-bond donors (Lipinski definition) is 2. The average Bonchev–Trinajstić information content (AvgIpc) is 2.96. The summed E-state index contributed by atoms with van der Waals surface area (Å²) >= 11 is 0. The van der Waals surface area contributed by atoms with E-state index in [0.29, 0.717) is 16.9 Å². The Bertz CT molecular complexity index is 856. The minimum atomic E-state index is -1.51. The van der Waals surface area contributed by atoms with Crippen molar-refractivity contribution in [3.05, 3.63) is 57.3 Å². The minimum absolute atomic E-state index is 0.0359. The number of rotatable bonds is 4. The molecule has 0 spiro atoms. The fraction of sp³-hybridized carbons (Fsp3) is 0.312. The van der Waals surface area contributed by atoms with E-state index in [2.05, 4.69) is 10.4 Å². The molecule has 130 valence electrons. The number of nitrogens with zero attached hydrogens (tertiary/aromatic N) is 3. The smallest absolute Gasteiger partial charge is 0.335 e. The molecule has 1 aliphatic rings. The van der Waals surface area contributed by atoms with Crippen LogP contribution < -0.4 is 5.32 Å². The summed E-state index contributed by atoms with van der Waals surface area (Å²) < 4.78 is 1.60. The number of hydrogen-bond acceptors (Lipinski definition) is 5. The molecular weight excluding hydrogens is 328 g/mol. The van der Waals surface area contributed by atoms with Crippen molar-refractivity contribution in [3.63, 3.8) is 0 Å². The van der Waals surface area contributed by atoms with Crippen LogP contribution >= 0.6 is 0 Å². The monoisotopic (exact) mass is 344 g/mol. The molecule has 2 aromatic rings. The van der Waals surface area contributed by atoms with Gasteiger partial charge in [-0.15, -0.1) is 0 Å². The zero-order valence-electron chi connectivity index (χ0n) is 13.5. The Kier molecular flexibility index (Phi) is 3.99. The van der Waals surface area contributed by atoms with Crippen LogP contribution in [0.2, 0.25) is 0 Å². The third kappa shape index (κ3) is 2.73. The maximum atomic E-state index is 12.3. The van der Waals surface area contributed by atoms with Crippen LogP contribution in [0.4, 0.5) is 5.82 Å². The van der Waals surface area contributed by atoms with Crippen molar-refractivity contribution in [3.8, 4) is 0 Å². The second-order valence-corrected chi connectivity index (χ2v) is 6.11. The standard InChI is InChI=1S/C16H16N4O5/c1-8(2)19-14-11(7-17-19)12(13(20(24)25)15(21)18-14)9-3-5-10(6-4-9)16(22)23/h3-8,12-13H,1-2H3,(H,18,21)(H,22,23)/t12-,13+/m1/s1. The number of benzene rings is 1. The number of carboxylic acid groups (broad SMARTS) is 1. The Morgan fingerprint density at radius 2 is 2.00 bits per heavy atom. The van der Waals surface area contributed by atoms with E-state index in [1.807, 2.05) is 13.8 Å². The highest BCUT2D eigenvalue weighted by molar-refractivity contribution is 5.98. The summed E-state index contributed by atoms with van der Waals surface area (Å²) in [5, 5.41) is 27.3. The molecule has 2 N–H and O–H groups in total. The Morgan fingerprint density at radius 3 is 2.52 bits per heavy atom. The molecule has 0 saturated carbocycles. The minimum Gasteiger partial charge on any atom is -0.478 e. The molecule has 0 unspecified atom stereocenters. The maximum Gasteiger partial charge on any atom is 0.335 e. The number of carboxylic acids is 1. The van der Waals surface area contributed by atoms with Gasteiger partial charge in [-0.2, -0.15) is 5.10 Å². The Morgan fingerprint density at radius 1 is 1.36 bits per heavy atom. The normalized spacial score (nSPS) is 19.4. The van der Waals surface area contributed by atoms with Crippen molar-refractivity contribution >= 4 is 17.7 Å². The highest BCUT2D eigenvalue weighted by Crippen LogP contribution is 2.39. The first-order valence-electron chi connectivity index (χ1n) is 7.66. The van der Waals surface area contributed by atoms with E-state index >= 15 is 0 Å². The molecule has 1 amide bonds. The van der Waals surface area contributed by atoms with E-state index in [1.165, 1.54) is 30.5 Å². The molecule has 2 atom stereocenters. The third-order valence-electron chi connectivity index (χ3n) is 4.22. The highest BCUT2D eigenvalue weighted by atomic mass is 16.6. The predicted molar refractivity (Wildman–Crippen MR) is 87.3 cm³/mol. The second kappa shape index (κ2) is 6.00. The molecule has 1 aromatic heterocycles. The van der Waals surface area contributed by atoms with Crippen molar-refractivity contribution in [1.29, 1.82) is 0 Å². The number of fused-ring (bicyclic) bond motifs is 1. The lowest BCUT2D eigenvalue weighted by Crippen LogP contribution is -2.44. The summed E-state index contributed by atoms with van der Waals surface area (Å²) in [5.74, 6) is -2.21. The van der Waals surface area contributed by atoms with Gasteiger partial charge in [0.25, 0.3) is 0 Å². The number of aromatic carboxylic acids is 1. The van der Waals surface area contributed by atoms with Gasteiger partial charge in [-0.25, -0.2) is 9.48 Å². The SMILES string of the molecule is CC(C)n1ncc2c1NC(=O)[C@@H]([N+](=O)[O-])[C@@H]2c1ccc(C(=O)O)cc1. The van der Waals surface area contributed by atoms with Crippen LogP contribution in [-0.2, 0) is 4.79 Å². The fourth-order valence-corrected chi connectivity index (χ4v) is 3.05. The summed E-state index contributed by atoms with van der Waals surface area (Å²) in [7, 11) is 0. The summed E-state index contributed by atoms with van der Waals surface area (Å²) in [6, 6.07) is 4.19. The molecule has 0 saturated heterocycles. The van der Waals surface area contributed by atoms with Crippen LogP contribution in [0.15, 0.2) is 30.5 Å². The van der Waals surface area contributed by atoms with Crippen LogP contribution in [0.1, 0.15) is 47.3 Å². The number of nitro groups is 1. The zero-order valence-corrected chi connectivity index (χ0v) is 13.5. The maximum absolute atomic E-state index is 12.3. The molecule has 3 rings (SSSR count). The molecule has 2 heterocycles. The van der Waals surface area contributed by atoms with Gasteiger partial charge in [0.05, 0.1) is 17.7 Å². The summed E-state index contributed by atoms with van der Waals surface area (Å²) in [5.41, 5.74) is 1.10. The molecule has 0 bridgehead atoms. The summed E-state index contributed by atoms with van der Waals surface area (Å²) in [6.45, 7) is 3.77. The Hall–Kier alpha value is -3.23. The van der Waals surface area contributed by atoms with Gasteiger partial charge in [0.15, 0.2) is 0 Å². The second-order valence-electron chi connectivity index (χ2n) is 6.11. The largest absolute Gasteiger partial charge is 0.478 e. The lowest BCUT2D eigenvalue weighted by molar-refractivity contribution is -0.509. The number of carbonyl (C=O) groups is 2. The van der Waals surface area contributed by atoms with Gasteiger partial charge in [-0.05, 0) is 31.5 Å². The fourth-order valence-electron chi connectivity index (χ4n) is 3.05. The number of amides is 1. The lowest BCUT2D eigenvalue weighted by atomic mass is 9.83. The van der Waals surface area contributed by atoms with E-state index < -0.39 is 28.8 Å². The Balaban J connectivity index is 2.15. The topological polar surface area (TPSA) is 127 Å². The number of aromatic nitrogens is 2. The van der Waals surface area contributed by atoms with Crippen molar-refractivity contribution < 1.29 is 19.6 Å². The van der Waals surface area contributed by atoms with Gasteiger partial charge in [-0.1, -0.05) is 12.1 Å². The quantitative estimate of drug-likeness (QED) is 0.644. The first kappa shape index (κ1) is 16.6. The van der Waals surface area contributed by atoms with Crippen molar-refractivity contribution in [1.82, 2.24) is 9.78 Å². The molecule has 25 heavy (non-hydrogen) atoms. The molecular formula is C16H16N4O5. The van der Waals surface area contributed by atoms with Crippen LogP contribution in [0.5, 0.6) is 0 Å². The lowest BCUT2D eigenvalue weighted by Gasteiger charge is -2.27. The molecule has 1 aliphatic heterocycles.